The average Bonchev–Trinajstić information content (AvgIpc) is 2.66. The van der Waals surface area contributed by atoms with E-state index in [0.29, 0.717) is 44.9 Å². The van der Waals surface area contributed by atoms with Crippen LogP contribution in [0.1, 0.15) is 34.1 Å². The SMILES string of the molecule is CC(C)N(C)C(C)C.COCCC#N.COCCOCCP(=O)(OC)OC. The summed E-state index contributed by atoms with van der Waals surface area (Å²) < 4.78 is 35.3. The highest BCUT2D eigenvalue weighted by Gasteiger charge is 2.19. The maximum absolute atomic E-state index is 11.4. The first-order chi connectivity index (χ1) is 12.6. The van der Waals surface area contributed by atoms with Crippen LogP contribution in [0.5, 0.6) is 0 Å². The second kappa shape index (κ2) is 21.8. The van der Waals surface area contributed by atoms with Gasteiger partial charge in [0.15, 0.2) is 0 Å². The van der Waals surface area contributed by atoms with E-state index in [4.69, 9.17) is 23.8 Å². The molecule has 0 aromatic rings. The molecule has 0 spiro atoms. The predicted molar refractivity (Wildman–Crippen MR) is 109 cm³/mol. The minimum atomic E-state index is -2.90. The van der Waals surface area contributed by atoms with E-state index in [2.05, 4.69) is 44.4 Å². The first-order valence-corrected chi connectivity index (χ1v) is 10.7. The predicted octanol–water partition coefficient (Wildman–Crippen LogP) is 3.42. The molecular formula is C18H41N2O6P. The Hall–Kier alpha value is -0.520. The molecule has 0 N–H and O–H groups in total. The molecule has 0 bridgehead atoms. The lowest BCUT2D eigenvalue weighted by molar-refractivity contribution is 0.0764. The van der Waals surface area contributed by atoms with Gasteiger partial charge in [0.1, 0.15) is 0 Å². The summed E-state index contributed by atoms with van der Waals surface area (Å²) in [5.41, 5.74) is 0. The molecule has 0 saturated carbocycles. The third-order valence-corrected chi connectivity index (χ3v) is 5.39. The van der Waals surface area contributed by atoms with Crippen LogP contribution in [0.4, 0.5) is 0 Å². The molecule has 0 aromatic carbocycles. The quantitative estimate of drug-likeness (QED) is 0.356. The van der Waals surface area contributed by atoms with E-state index in [-0.39, 0.29) is 6.16 Å². The van der Waals surface area contributed by atoms with Crippen molar-refractivity contribution in [2.45, 2.75) is 46.2 Å². The van der Waals surface area contributed by atoms with E-state index in [0.717, 1.165) is 0 Å². The van der Waals surface area contributed by atoms with Crippen LogP contribution in [0.25, 0.3) is 0 Å². The molecule has 0 saturated heterocycles. The Bertz CT molecular complexity index is 373. The van der Waals surface area contributed by atoms with Gasteiger partial charge in [0, 0.05) is 40.5 Å². The van der Waals surface area contributed by atoms with Crippen molar-refractivity contribution in [3.63, 3.8) is 0 Å². The molecule has 164 valence electrons. The number of nitriles is 1. The Balaban J connectivity index is -0.000000351. The Labute approximate surface area is 166 Å². The summed E-state index contributed by atoms with van der Waals surface area (Å²) in [4.78, 5) is 2.33. The second-order valence-electron chi connectivity index (χ2n) is 6.06. The lowest BCUT2D eigenvalue weighted by Gasteiger charge is -2.24. The van der Waals surface area contributed by atoms with Crippen molar-refractivity contribution in [2.75, 3.05) is 68.1 Å². The average molecular weight is 413 g/mol. The van der Waals surface area contributed by atoms with Crippen molar-refractivity contribution in [1.82, 2.24) is 4.90 Å². The van der Waals surface area contributed by atoms with Gasteiger partial charge in [-0.15, -0.1) is 0 Å². The Morgan fingerprint density at radius 3 is 1.63 bits per heavy atom. The van der Waals surface area contributed by atoms with Crippen LogP contribution in [0.3, 0.4) is 0 Å². The maximum Gasteiger partial charge on any atom is 0.332 e. The molecule has 27 heavy (non-hydrogen) atoms. The lowest BCUT2D eigenvalue weighted by Crippen LogP contribution is -2.32. The minimum Gasteiger partial charge on any atom is -0.384 e. The number of hydrogen-bond donors (Lipinski definition) is 0. The van der Waals surface area contributed by atoms with Gasteiger partial charge in [-0.05, 0) is 34.7 Å². The first kappa shape index (κ1) is 31.2. The summed E-state index contributed by atoms with van der Waals surface area (Å²) in [6, 6.07) is 3.30. The largest absolute Gasteiger partial charge is 0.384 e. The van der Waals surface area contributed by atoms with Gasteiger partial charge in [0.05, 0.1) is 45.1 Å². The monoisotopic (exact) mass is 412 g/mol. The van der Waals surface area contributed by atoms with Crippen LogP contribution >= 0.6 is 7.60 Å². The molecule has 0 rings (SSSR count). The number of methoxy groups -OCH3 is 2. The molecule has 9 heteroatoms. The highest BCUT2D eigenvalue weighted by atomic mass is 31.2. The standard InChI is InChI=1S/C7H17N.C7H17O5P.C4H7NO/c1-6(2)8(5)7(3)4;1-9-4-5-12-6-7-13(8,10-2)11-3;1-6-4-2-3-5/h6-7H,1-5H3;4-7H2,1-3H3;2,4H2,1H3. The molecule has 0 fully saturated rings. The highest BCUT2D eigenvalue weighted by molar-refractivity contribution is 7.53. The van der Waals surface area contributed by atoms with Crippen LogP contribution in [-0.4, -0.2) is 85.1 Å². The molecular weight excluding hydrogens is 371 g/mol. The fourth-order valence-electron chi connectivity index (χ4n) is 1.42. The fourth-order valence-corrected chi connectivity index (χ4v) is 2.29. The summed E-state index contributed by atoms with van der Waals surface area (Å²) >= 11 is 0. The molecule has 0 unspecified atom stereocenters. The van der Waals surface area contributed by atoms with E-state index >= 15 is 0 Å². The van der Waals surface area contributed by atoms with Crippen molar-refractivity contribution in [3.05, 3.63) is 0 Å². The zero-order valence-electron chi connectivity index (χ0n) is 18.7. The molecule has 0 aliphatic heterocycles. The molecule has 0 aliphatic rings. The smallest absolute Gasteiger partial charge is 0.332 e. The number of rotatable bonds is 12. The van der Waals surface area contributed by atoms with Crippen molar-refractivity contribution < 1.29 is 27.8 Å². The highest BCUT2D eigenvalue weighted by Crippen LogP contribution is 2.45. The maximum atomic E-state index is 11.4. The Kier molecular flexibility index (Phi) is 25.2. The normalized spacial score (nSPS) is 10.9. The number of ether oxygens (including phenoxy) is 3. The zero-order chi connectivity index (χ0) is 21.7. The minimum absolute atomic E-state index is 0.268. The Morgan fingerprint density at radius 2 is 1.37 bits per heavy atom. The van der Waals surface area contributed by atoms with Gasteiger partial charge in [-0.1, -0.05) is 0 Å². The molecule has 8 nitrogen and oxygen atoms in total. The molecule has 0 radical (unpaired) electrons. The van der Waals surface area contributed by atoms with Crippen LogP contribution < -0.4 is 0 Å². The molecule has 0 heterocycles. The van der Waals surface area contributed by atoms with Crippen LogP contribution in [0.2, 0.25) is 0 Å². The van der Waals surface area contributed by atoms with Gasteiger partial charge < -0.3 is 28.2 Å². The van der Waals surface area contributed by atoms with Crippen molar-refractivity contribution in [2.24, 2.45) is 0 Å². The molecule has 0 aromatic heterocycles. The first-order valence-electron chi connectivity index (χ1n) is 9.00. The van der Waals surface area contributed by atoms with Gasteiger partial charge in [-0.2, -0.15) is 5.26 Å². The molecule has 0 aliphatic carbocycles. The van der Waals surface area contributed by atoms with Crippen molar-refractivity contribution in [3.8, 4) is 6.07 Å². The summed E-state index contributed by atoms with van der Waals surface area (Å²) in [6.45, 7) is 10.8. The van der Waals surface area contributed by atoms with Crippen molar-refractivity contribution >= 4 is 7.60 Å². The van der Waals surface area contributed by atoms with E-state index < -0.39 is 7.60 Å². The zero-order valence-corrected chi connectivity index (χ0v) is 19.6. The van der Waals surface area contributed by atoms with Crippen LogP contribution in [0, 0.1) is 11.3 Å². The van der Waals surface area contributed by atoms with E-state index in [1.807, 2.05) is 6.07 Å². The van der Waals surface area contributed by atoms with Gasteiger partial charge >= 0.3 is 7.60 Å². The topological polar surface area (TPSA) is 90.2 Å². The molecule has 0 amide bonds. The van der Waals surface area contributed by atoms with E-state index in [9.17, 15) is 4.57 Å². The van der Waals surface area contributed by atoms with Crippen molar-refractivity contribution in [1.29, 1.82) is 5.26 Å². The van der Waals surface area contributed by atoms with E-state index in [1.165, 1.54) is 14.2 Å². The van der Waals surface area contributed by atoms with Crippen LogP contribution in [-0.2, 0) is 27.8 Å². The van der Waals surface area contributed by atoms with Gasteiger partial charge in [0.2, 0.25) is 0 Å². The summed E-state index contributed by atoms with van der Waals surface area (Å²) in [7, 11) is 5.15. The molecule has 0 atom stereocenters. The summed E-state index contributed by atoms with van der Waals surface area (Å²) in [5, 5.41) is 7.87. The summed E-state index contributed by atoms with van der Waals surface area (Å²) in [5.74, 6) is 0. The Morgan fingerprint density at radius 1 is 0.889 bits per heavy atom. The third kappa shape index (κ3) is 23.4. The summed E-state index contributed by atoms with van der Waals surface area (Å²) in [6.07, 6.45) is 0.764. The van der Waals surface area contributed by atoms with E-state index in [1.54, 1.807) is 14.2 Å². The third-order valence-electron chi connectivity index (χ3n) is 3.54. The second-order valence-corrected chi connectivity index (χ2v) is 8.46. The number of nitrogens with zero attached hydrogens (tertiary/aromatic N) is 2. The van der Waals surface area contributed by atoms with Gasteiger partial charge in [-0.3, -0.25) is 4.57 Å². The lowest BCUT2D eigenvalue weighted by atomic mass is 10.3. The fraction of sp³-hybridized carbons (Fsp3) is 0.944. The van der Waals surface area contributed by atoms with Gasteiger partial charge in [-0.25, -0.2) is 0 Å². The van der Waals surface area contributed by atoms with Crippen LogP contribution in [0.15, 0.2) is 0 Å². The number of hydrogen-bond acceptors (Lipinski definition) is 8. The van der Waals surface area contributed by atoms with Gasteiger partial charge in [0.25, 0.3) is 0 Å².